The Morgan fingerprint density at radius 2 is 2.11 bits per heavy atom. The largest absolute Gasteiger partial charge is 0.497 e. The van der Waals surface area contributed by atoms with Gasteiger partial charge >= 0.3 is 0 Å². The number of methoxy groups -OCH3 is 1. The molecule has 1 saturated heterocycles. The molecule has 1 amide bonds. The van der Waals surface area contributed by atoms with E-state index in [1.54, 1.807) is 7.11 Å². The first-order chi connectivity index (χ1) is 8.70. The number of hydrogen-bond donors (Lipinski definition) is 2. The molecule has 1 fully saturated rings. The Kier molecular flexibility index (Phi) is 4.20. The lowest BCUT2D eigenvalue weighted by atomic mass is 10.0. The van der Waals surface area contributed by atoms with Gasteiger partial charge in [0.05, 0.1) is 13.2 Å². The molecule has 2 rings (SSSR count). The van der Waals surface area contributed by atoms with E-state index in [-0.39, 0.29) is 18.0 Å². The lowest BCUT2D eigenvalue weighted by molar-refractivity contribution is -0.124. The second kappa shape index (κ2) is 5.87. The van der Waals surface area contributed by atoms with Crippen LogP contribution in [-0.2, 0) is 4.79 Å². The zero-order valence-corrected chi connectivity index (χ0v) is 10.9. The third kappa shape index (κ3) is 3.01. The van der Waals surface area contributed by atoms with E-state index in [0.29, 0.717) is 0 Å². The Bertz CT molecular complexity index is 403. The van der Waals surface area contributed by atoms with Gasteiger partial charge in [-0.3, -0.25) is 10.1 Å². The summed E-state index contributed by atoms with van der Waals surface area (Å²) in [5.41, 5.74) is 1.16. The second-order valence-corrected chi connectivity index (χ2v) is 4.65. The molecule has 0 saturated carbocycles. The minimum atomic E-state index is -0.0733. The number of carbonyl (C=O) groups excluding carboxylic acids is 1. The summed E-state index contributed by atoms with van der Waals surface area (Å²) < 4.78 is 5.13. The molecule has 18 heavy (non-hydrogen) atoms. The van der Waals surface area contributed by atoms with Crippen LogP contribution in [0.15, 0.2) is 24.3 Å². The monoisotopic (exact) mass is 248 g/mol. The second-order valence-electron chi connectivity index (χ2n) is 4.65. The number of piperidine rings is 1. The van der Waals surface area contributed by atoms with E-state index in [1.807, 2.05) is 24.3 Å². The van der Waals surface area contributed by atoms with Gasteiger partial charge in [0.2, 0.25) is 5.91 Å². The van der Waals surface area contributed by atoms with Crippen LogP contribution in [0.25, 0.3) is 0 Å². The molecule has 1 aliphatic heterocycles. The van der Waals surface area contributed by atoms with Crippen molar-refractivity contribution in [2.45, 2.75) is 31.8 Å². The fourth-order valence-corrected chi connectivity index (χ4v) is 2.22. The van der Waals surface area contributed by atoms with Gasteiger partial charge in [-0.15, -0.1) is 0 Å². The Balaban J connectivity index is 1.97. The molecule has 0 radical (unpaired) electrons. The molecule has 1 aliphatic rings. The minimum absolute atomic E-state index is 0.0733. The molecule has 98 valence electrons. The van der Waals surface area contributed by atoms with E-state index in [9.17, 15) is 4.79 Å². The maximum absolute atomic E-state index is 11.7. The van der Waals surface area contributed by atoms with Gasteiger partial charge in [-0.25, -0.2) is 0 Å². The van der Waals surface area contributed by atoms with Crippen LogP contribution in [0.5, 0.6) is 5.75 Å². The average molecular weight is 248 g/mol. The van der Waals surface area contributed by atoms with Crippen LogP contribution in [0, 0.1) is 0 Å². The molecular formula is C14H20N2O2. The molecule has 1 heterocycles. The van der Waals surface area contributed by atoms with Crippen molar-refractivity contribution in [3.63, 3.8) is 0 Å². The number of ether oxygens (including phenoxy) is 1. The molecule has 4 heteroatoms. The van der Waals surface area contributed by atoms with Crippen LogP contribution in [0.2, 0.25) is 0 Å². The zero-order chi connectivity index (χ0) is 13.0. The summed E-state index contributed by atoms with van der Waals surface area (Å²) in [6.07, 6.45) is 1.95. The fraction of sp³-hybridized carbons (Fsp3) is 0.500. The Morgan fingerprint density at radius 1 is 1.39 bits per heavy atom. The first-order valence-electron chi connectivity index (χ1n) is 6.38. The normalized spacial score (nSPS) is 21.2. The van der Waals surface area contributed by atoms with Gasteiger partial charge < -0.3 is 10.1 Å². The van der Waals surface area contributed by atoms with Gasteiger partial charge in [-0.05, 0) is 37.5 Å². The molecule has 2 atom stereocenters. The van der Waals surface area contributed by atoms with Crippen molar-refractivity contribution in [2.24, 2.45) is 0 Å². The zero-order valence-electron chi connectivity index (χ0n) is 10.9. The van der Waals surface area contributed by atoms with Crippen LogP contribution in [0.3, 0.4) is 0 Å². The molecule has 0 bridgehead atoms. The molecule has 1 aromatic rings. The lowest BCUT2D eigenvalue weighted by Crippen LogP contribution is -2.48. The van der Waals surface area contributed by atoms with E-state index < -0.39 is 0 Å². The third-order valence-corrected chi connectivity index (χ3v) is 3.35. The van der Waals surface area contributed by atoms with Gasteiger partial charge in [0.25, 0.3) is 0 Å². The Hall–Kier alpha value is -1.55. The van der Waals surface area contributed by atoms with Gasteiger partial charge in [-0.2, -0.15) is 0 Å². The van der Waals surface area contributed by atoms with E-state index in [0.717, 1.165) is 30.7 Å². The summed E-state index contributed by atoms with van der Waals surface area (Å²) in [6, 6.07) is 8.01. The van der Waals surface area contributed by atoms with E-state index in [1.165, 1.54) is 0 Å². The molecule has 0 aliphatic carbocycles. The number of carbonyl (C=O) groups is 1. The van der Waals surface area contributed by atoms with Crippen LogP contribution in [0.4, 0.5) is 0 Å². The molecule has 2 N–H and O–H groups in total. The minimum Gasteiger partial charge on any atom is -0.497 e. The maximum Gasteiger partial charge on any atom is 0.237 e. The van der Waals surface area contributed by atoms with Crippen molar-refractivity contribution in [2.75, 3.05) is 13.7 Å². The quantitative estimate of drug-likeness (QED) is 0.851. The highest BCUT2D eigenvalue weighted by Crippen LogP contribution is 2.18. The van der Waals surface area contributed by atoms with Crippen LogP contribution in [0.1, 0.15) is 31.4 Å². The predicted molar refractivity (Wildman–Crippen MR) is 70.6 cm³/mol. The first kappa shape index (κ1) is 12.9. The van der Waals surface area contributed by atoms with Gasteiger partial charge in [0, 0.05) is 12.6 Å². The number of benzene rings is 1. The Morgan fingerprint density at radius 3 is 2.72 bits per heavy atom. The molecule has 4 nitrogen and oxygen atoms in total. The summed E-state index contributed by atoms with van der Waals surface area (Å²) in [6.45, 7) is 2.87. The van der Waals surface area contributed by atoms with Gasteiger partial charge in [0.15, 0.2) is 0 Å². The smallest absolute Gasteiger partial charge is 0.237 e. The maximum atomic E-state index is 11.7. The van der Waals surface area contributed by atoms with Crippen LogP contribution >= 0.6 is 0 Å². The summed E-state index contributed by atoms with van der Waals surface area (Å²) in [5, 5.41) is 6.26. The summed E-state index contributed by atoms with van der Waals surface area (Å²) in [5.74, 6) is 0.961. The lowest BCUT2D eigenvalue weighted by Gasteiger charge is -2.26. The number of amides is 1. The molecule has 0 aromatic heterocycles. The summed E-state index contributed by atoms with van der Waals surface area (Å²) in [7, 11) is 1.66. The van der Waals surface area contributed by atoms with Gasteiger partial charge in [0.1, 0.15) is 5.75 Å². The van der Waals surface area contributed by atoms with Crippen molar-refractivity contribution in [3.8, 4) is 5.75 Å². The Labute approximate surface area is 108 Å². The van der Waals surface area contributed by atoms with Crippen molar-refractivity contribution in [3.05, 3.63) is 29.8 Å². The SMILES string of the molecule is COc1ccc(C(C)NC2CCCNC2=O)cc1. The topological polar surface area (TPSA) is 50.4 Å². The predicted octanol–water partition coefficient (Wildman–Crippen LogP) is 1.62. The average Bonchev–Trinajstić information content (AvgIpc) is 2.41. The molecular weight excluding hydrogens is 228 g/mol. The van der Waals surface area contributed by atoms with E-state index in [4.69, 9.17) is 4.74 Å². The van der Waals surface area contributed by atoms with Crippen LogP contribution < -0.4 is 15.4 Å². The molecule has 1 aromatic carbocycles. The van der Waals surface area contributed by atoms with Gasteiger partial charge in [-0.1, -0.05) is 12.1 Å². The summed E-state index contributed by atoms with van der Waals surface area (Å²) in [4.78, 5) is 11.7. The highest BCUT2D eigenvalue weighted by atomic mass is 16.5. The highest BCUT2D eigenvalue weighted by Gasteiger charge is 2.23. The van der Waals surface area contributed by atoms with Crippen LogP contribution in [-0.4, -0.2) is 25.6 Å². The number of nitrogens with one attached hydrogen (secondary N) is 2. The number of hydrogen-bond acceptors (Lipinski definition) is 3. The van der Waals surface area contributed by atoms with Crippen molar-refractivity contribution in [1.29, 1.82) is 0 Å². The fourth-order valence-electron chi connectivity index (χ4n) is 2.22. The summed E-state index contributed by atoms with van der Waals surface area (Å²) >= 11 is 0. The van der Waals surface area contributed by atoms with Crippen molar-refractivity contribution >= 4 is 5.91 Å². The number of rotatable bonds is 4. The first-order valence-corrected chi connectivity index (χ1v) is 6.38. The van der Waals surface area contributed by atoms with Crippen molar-refractivity contribution < 1.29 is 9.53 Å². The molecule has 0 spiro atoms. The molecule has 2 unspecified atom stereocenters. The third-order valence-electron chi connectivity index (χ3n) is 3.35. The van der Waals surface area contributed by atoms with Crippen molar-refractivity contribution in [1.82, 2.24) is 10.6 Å². The van der Waals surface area contributed by atoms with E-state index in [2.05, 4.69) is 17.6 Å². The van der Waals surface area contributed by atoms with E-state index >= 15 is 0 Å². The highest BCUT2D eigenvalue weighted by molar-refractivity contribution is 5.82. The standard InChI is InChI=1S/C14H20N2O2/c1-10(11-5-7-12(18-2)8-6-11)16-13-4-3-9-15-14(13)17/h5-8,10,13,16H,3-4,9H2,1-2H3,(H,15,17).